The summed E-state index contributed by atoms with van der Waals surface area (Å²) in [5, 5.41) is 8.20. The fraction of sp³-hybridized carbons (Fsp3) is 0.429. The maximum Gasteiger partial charge on any atom is 0.416 e. The van der Waals surface area contributed by atoms with Gasteiger partial charge >= 0.3 is 12.1 Å². The first-order valence-corrected chi connectivity index (χ1v) is 9.73. The topological polar surface area (TPSA) is 83.0 Å². The Morgan fingerprint density at radius 2 is 1.87 bits per heavy atom. The molecule has 31 heavy (non-hydrogen) atoms. The second-order valence-electron chi connectivity index (χ2n) is 7.65. The van der Waals surface area contributed by atoms with E-state index in [9.17, 15) is 18.0 Å². The van der Waals surface area contributed by atoms with Crippen LogP contribution < -0.4 is 0 Å². The van der Waals surface area contributed by atoms with Crippen LogP contribution in [0.15, 0.2) is 28.8 Å². The summed E-state index contributed by atoms with van der Waals surface area (Å²) < 4.78 is 50.1. The molecule has 0 saturated carbocycles. The molecule has 0 aliphatic carbocycles. The zero-order chi connectivity index (χ0) is 22.8. The summed E-state index contributed by atoms with van der Waals surface area (Å²) in [6.45, 7) is 8.47. The van der Waals surface area contributed by atoms with Crippen LogP contribution in [0.5, 0.6) is 0 Å². The summed E-state index contributed by atoms with van der Waals surface area (Å²) in [5.74, 6) is 0.118. The van der Waals surface area contributed by atoms with Crippen molar-refractivity contribution in [3.63, 3.8) is 0 Å². The van der Waals surface area contributed by atoms with E-state index in [1.54, 1.807) is 0 Å². The Kier molecular flexibility index (Phi) is 6.47. The van der Waals surface area contributed by atoms with Gasteiger partial charge in [-0.05, 0) is 31.9 Å². The number of ether oxygens (including phenoxy) is 1. The van der Waals surface area contributed by atoms with Crippen molar-refractivity contribution >= 4 is 5.97 Å². The third-order valence-corrected chi connectivity index (χ3v) is 4.69. The molecule has 2 aromatic heterocycles. The highest BCUT2D eigenvalue weighted by Gasteiger charge is 2.30. The number of nitrogens with zero attached hydrogens (tertiary/aromatic N) is 4. The molecule has 3 rings (SSSR count). The van der Waals surface area contributed by atoms with Gasteiger partial charge in [0.05, 0.1) is 17.7 Å². The summed E-state index contributed by atoms with van der Waals surface area (Å²) >= 11 is 0. The van der Waals surface area contributed by atoms with Gasteiger partial charge in [-0.15, -0.1) is 0 Å². The molecule has 0 bridgehead atoms. The molecule has 3 aromatic rings. The quantitative estimate of drug-likeness (QED) is 0.507. The molecule has 0 saturated heterocycles. The second kappa shape index (κ2) is 8.91. The average Bonchev–Trinajstić information content (AvgIpc) is 3.26. The maximum atomic E-state index is 12.7. The Morgan fingerprint density at radius 1 is 1.19 bits per heavy atom. The molecule has 0 N–H and O–H groups in total. The first kappa shape index (κ1) is 22.5. The number of esters is 1. The second-order valence-corrected chi connectivity index (χ2v) is 7.65. The van der Waals surface area contributed by atoms with Crippen LogP contribution in [0.4, 0.5) is 13.2 Å². The largest absolute Gasteiger partial charge is 0.455 e. The Bertz CT molecular complexity index is 1050. The zero-order valence-corrected chi connectivity index (χ0v) is 17.7. The minimum Gasteiger partial charge on any atom is -0.455 e. The Labute approximate surface area is 177 Å². The van der Waals surface area contributed by atoms with Gasteiger partial charge in [-0.25, -0.2) is 0 Å². The number of halogens is 3. The molecule has 0 atom stereocenters. The smallest absolute Gasteiger partial charge is 0.416 e. The average molecular weight is 436 g/mol. The molecule has 1 aromatic carbocycles. The molecule has 0 unspecified atom stereocenters. The fourth-order valence-electron chi connectivity index (χ4n) is 3.09. The minimum atomic E-state index is -4.42. The van der Waals surface area contributed by atoms with Crippen LogP contribution in [-0.2, 0) is 35.3 Å². The van der Waals surface area contributed by atoms with Gasteiger partial charge in [0.25, 0.3) is 5.89 Å². The van der Waals surface area contributed by atoms with Crippen LogP contribution in [0.2, 0.25) is 0 Å². The van der Waals surface area contributed by atoms with E-state index in [1.165, 1.54) is 12.1 Å². The highest BCUT2D eigenvalue weighted by Crippen LogP contribution is 2.30. The van der Waals surface area contributed by atoms with E-state index in [2.05, 4.69) is 29.1 Å². The predicted molar refractivity (Wildman–Crippen MR) is 105 cm³/mol. The van der Waals surface area contributed by atoms with Crippen LogP contribution in [0.1, 0.15) is 42.3 Å². The van der Waals surface area contributed by atoms with Crippen molar-refractivity contribution in [2.75, 3.05) is 0 Å². The molecule has 2 heterocycles. The molecular weight excluding hydrogens is 413 g/mol. The summed E-state index contributed by atoms with van der Waals surface area (Å²) in [5.41, 5.74) is 2.11. The summed E-state index contributed by atoms with van der Waals surface area (Å²) in [6, 6.07) is 4.39. The van der Waals surface area contributed by atoms with Crippen molar-refractivity contribution in [3.8, 4) is 11.4 Å². The molecule has 0 spiro atoms. The molecule has 0 fully saturated rings. The van der Waals surface area contributed by atoms with Gasteiger partial charge in [0.15, 0.2) is 6.61 Å². The van der Waals surface area contributed by atoms with Crippen LogP contribution in [0.3, 0.4) is 0 Å². The molecule has 0 aliphatic rings. The monoisotopic (exact) mass is 436 g/mol. The van der Waals surface area contributed by atoms with Crippen molar-refractivity contribution < 1.29 is 27.2 Å². The van der Waals surface area contributed by atoms with E-state index in [-0.39, 0.29) is 24.7 Å². The lowest BCUT2D eigenvalue weighted by Gasteiger charge is -2.08. The van der Waals surface area contributed by atoms with Crippen molar-refractivity contribution in [2.45, 2.75) is 53.4 Å². The number of aromatic nitrogens is 4. The number of rotatable bonds is 7. The SMILES string of the molecule is Cc1nn(CC(C)C)c(C)c1CC(=O)OCc1nc(-c2ccc(C(F)(F)F)cc2)no1. The van der Waals surface area contributed by atoms with Crippen LogP contribution >= 0.6 is 0 Å². The summed E-state index contributed by atoms with van der Waals surface area (Å²) in [7, 11) is 0. The standard InChI is InChI=1S/C21H23F3N4O3/c1-12(2)10-28-14(4)17(13(3)26-28)9-19(29)30-11-18-25-20(27-31-18)15-5-7-16(8-6-15)21(22,23)24/h5-8,12H,9-11H2,1-4H3. The maximum absolute atomic E-state index is 12.7. The Balaban J connectivity index is 1.60. The van der Waals surface area contributed by atoms with Gasteiger partial charge in [-0.3, -0.25) is 9.48 Å². The fourth-order valence-corrected chi connectivity index (χ4v) is 3.09. The van der Waals surface area contributed by atoms with E-state index in [1.807, 2.05) is 18.5 Å². The van der Waals surface area contributed by atoms with Crippen molar-refractivity contribution in [1.82, 2.24) is 19.9 Å². The van der Waals surface area contributed by atoms with E-state index in [4.69, 9.17) is 9.26 Å². The zero-order valence-electron chi connectivity index (χ0n) is 17.7. The minimum absolute atomic E-state index is 0.0483. The van der Waals surface area contributed by atoms with Gasteiger partial charge in [-0.2, -0.15) is 23.3 Å². The van der Waals surface area contributed by atoms with Gasteiger partial charge in [0, 0.05) is 23.4 Å². The molecule has 7 nitrogen and oxygen atoms in total. The third kappa shape index (κ3) is 5.50. The van der Waals surface area contributed by atoms with E-state index >= 15 is 0 Å². The van der Waals surface area contributed by atoms with E-state index < -0.39 is 17.7 Å². The number of carbonyl (C=O) groups is 1. The van der Waals surface area contributed by atoms with Crippen molar-refractivity contribution in [1.29, 1.82) is 0 Å². The normalized spacial score (nSPS) is 11.9. The number of carbonyl (C=O) groups excluding carboxylic acids is 1. The lowest BCUT2D eigenvalue weighted by atomic mass is 10.1. The van der Waals surface area contributed by atoms with Gasteiger partial charge < -0.3 is 9.26 Å². The summed E-state index contributed by atoms with van der Waals surface area (Å²) in [6.07, 6.45) is -4.35. The van der Waals surface area contributed by atoms with E-state index in [0.717, 1.165) is 35.6 Å². The Hall–Kier alpha value is -3.17. The van der Waals surface area contributed by atoms with E-state index in [0.29, 0.717) is 11.5 Å². The summed E-state index contributed by atoms with van der Waals surface area (Å²) in [4.78, 5) is 16.3. The molecule has 0 aliphatic heterocycles. The molecule has 10 heteroatoms. The van der Waals surface area contributed by atoms with Crippen LogP contribution in [0.25, 0.3) is 11.4 Å². The number of hydrogen-bond acceptors (Lipinski definition) is 6. The number of aryl methyl sites for hydroxylation is 1. The molecule has 0 radical (unpaired) electrons. The highest BCUT2D eigenvalue weighted by molar-refractivity contribution is 5.73. The lowest BCUT2D eigenvalue weighted by Crippen LogP contribution is -2.11. The molecule has 166 valence electrons. The number of alkyl halides is 3. The first-order valence-electron chi connectivity index (χ1n) is 9.73. The first-order chi connectivity index (χ1) is 14.5. The molecular formula is C21H23F3N4O3. The van der Waals surface area contributed by atoms with Gasteiger partial charge in [0.1, 0.15) is 0 Å². The van der Waals surface area contributed by atoms with Crippen LogP contribution in [0, 0.1) is 19.8 Å². The lowest BCUT2D eigenvalue weighted by molar-refractivity contribution is -0.145. The van der Waals surface area contributed by atoms with Crippen molar-refractivity contribution in [2.24, 2.45) is 5.92 Å². The number of hydrogen-bond donors (Lipinski definition) is 0. The van der Waals surface area contributed by atoms with Gasteiger partial charge in [0.2, 0.25) is 5.82 Å². The third-order valence-electron chi connectivity index (χ3n) is 4.69. The van der Waals surface area contributed by atoms with Gasteiger partial charge in [-0.1, -0.05) is 31.1 Å². The number of benzene rings is 1. The molecule has 0 amide bonds. The highest BCUT2D eigenvalue weighted by atomic mass is 19.4. The predicted octanol–water partition coefficient (Wildman–Crippen LogP) is 4.51. The van der Waals surface area contributed by atoms with Crippen LogP contribution in [-0.4, -0.2) is 25.9 Å². The Morgan fingerprint density at radius 3 is 2.48 bits per heavy atom. The van der Waals surface area contributed by atoms with Crippen molar-refractivity contribution in [3.05, 3.63) is 52.7 Å².